The molecule has 0 aromatic heterocycles. The quantitative estimate of drug-likeness (QED) is 0.808. The molecule has 0 heterocycles. The summed E-state index contributed by atoms with van der Waals surface area (Å²) in [5, 5.41) is 3.06. The Balaban J connectivity index is 2.30. The fraction of sp³-hybridized carbons (Fsp3) is 0.0714. The molecule has 0 fully saturated rings. The molecule has 0 unspecified atom stereocenters. The minimum Gasteiger partial charge on any atom is -0.325 e. The van der Waals surface area contributed by atoms with Gasteiger partial charge in [0.25, 0.3) is 10.0 Å². The zero-order valence-electron chi connectivity index (χ0n) is 11.7. The maximum absolute atomic E-state index is 12.4. The van der Waals surface area contributed by atoms with Gasteiger partial charge in [-0.2, -0.15) is 0 Å². The van der Waals surface area contributed by atoms with Crippen molar-refractivity contribution in [1.82, 2.24) is 0 Å². The summed E-state index contributed by atoms with van der Waals surface area (Å²) in [6.07, 6.45) is 0. The molecule has 122 valence electrons. The van der Waals surface area contributed by atoms with Crippen molar-refractivity contribution in [1.29, 1.82) is 0 Å². The summed E-state index contributed by atoms with van der Waals surface area (Å²) >= 11 is 17.7. The van der Waals surface area contributed by atoms with E-state index in [2.05, 4.69) is 10.0 Å². The van der Waals surface area contributed by atoms with E-state index >= 15 is 0 Å². The van der Waals surface area contributed by atoms with E-state index in [1.807, 2.05) is 0 Å². The van der Waals surface area contributed by atoms with Gasteiger partial charge in [0, 0.05) is 11.9 Å². The summed E-state index contributed by atoms with van der Waals surface area (Å²) in [4.78, 5) is 10.9. The van der Waals surface area contributed by atoms with E-state index in [-0.39, 0.29) is 26.5 Å². The lowest BCUT2D eigenvalue weighted by Crippen LogP contribution is -2.13. The van der Waals surface area contributed by atoms with E-state index in [1.54, 1.807) is 0 Å². The molecule has 0 radical (unpaired) electrons. The van der Waals surface area contributed by atoms with Gasteiger partial charge in [-0.1, -0.05) is 34.8 Å². The number of sulfonamides is 1. The number of carbonyl (C=O) groups excluding carboxylic acids is 1. The van der Waals surface area contributed by atoms with Crippen molar-refractivity contribution in [2.45, 2.75) is 11.8 Å². The predicted molar refractivity (Wildman–Crippen MR) is 93.0 cm³/mol. The van der Waals surface area contributed by atoms with Crippen molar-refractivity contribution in [3.63, 3.8) is 0 Å². The minimum atomic E-state index is -3.90. The highest BCUT2D eigenvalue weighted by Crippen LogP contribution is 2.29. The molecule has 0 aliphatic rings. The van der Waals surface area contributed by atoms with Gasteiger partial charge in [-0.3, -0.25) is 9.52 Å². The molecule has 0 bridgehead atoms. The van der Waals surface area contributed by atoms with E-state index in [1.165, 1.54) is 43.3 Å². The molecule has 23 heavy (non-hydrogen) atoms. The second kappa shape index (κ2) is 6.97. The molecule has 0 saturated carbocycles. The second-order valence-corrected chi connectivity index (χ2v) is 7.46. The summed E-state index contributed by atoms with van der Waals surface area (Å²) in [6, 6.07) is 8.41. The fourth-order valence-corrected chi connectivity index (χ4v) is 3.82. The fourth-order valence-electron chi connectivity index (χ4n) is 1.77. The molecule has 2 aromatic rings. The first-order valence-corrected chi connectivity index (χ1v) is 8.86. The number of carbonyl (C=O) groups is 1. The molecular formula is C14H11Cl3N2O3S. The van der Waals surface area contributed by atoms with Crippen LogP contribution in [-0.4, -0.2) is 14.3 Å². The number of hydrogen-bond acceptors (Lipinski definition) is 3. The van der Waals surface area contributed by atoms with Gasteiger partial charge in [-0.15, -0.1) is 0 Å². The smallest absolute Gasteiger partial charge is 0.263 e. The average molecular weight is 394 g/mol. The highest BCUT2D eigenvalue weighted by atomic mass is 35.5. The van der Waals surface area contributed by atoms with Crippen LogP contribution in [0.3, 0.4) is 0 Å². The molecule has 0 atom stereocenters. The van der Waals surface area contributed by atoms with Crippen LogP contribution >= 0.6 is 34.8 Å². The third-order valence-electron chi connectivity index (χ3n) is 2.72. The highest BCUT2D eigenvalue weighted by molar-refractivity contribution is 7.92. The zero-order valence-corrected chi connectivity index (χ0v) is 14.8. The van der Waals surface area contributed by atoms with Gasteiger partial charge in [0.1, 0.15) is 4.90 Å². The molecule has 9 heteroatoms. The Bertz CT molecular complexity index is 870. The van der Waals surface area contributed by atoms with Gasteiger partial charge < -0.3 is 5.32 Å². The van der Waals surface area contributed by atoms with Crippen molar-refractivity contribution in [3.8, 4) is 0 Å². The first-order chi connectivity index (χ1) is 10.7. The van der Waals surface area contributed by atoms with E-state index in [4.69, 9.17) is 34.8 Å². The van der Waals surface area contributed by atoms with Crippen LogP contribution in [0.25, 0.3) is 0 Å². The normalized spacial score (nSPS) is 11.1. The van der Waals surface area contributed by atoms with E-state index < -0.39 is 10.0 Å². The lowest BCUT2D eigenvalue weighted by molar-refractivity contribution is -0.114. The summed E-state index contributed by atoms with van der Waals surface area (Å²) in [6.45, 7) is 1.34. The lowest BCUT2D eigenvalue weighted by atomic mass is 10.3. The maximum atomic E-state index is 12.4. The molecule has 0 spiro atoms. The lowest BCUT2D eigenvalue weighted by Gasteiger charge is -2.11. The van der Waals surface area contributed by atoms with Gasteiger partial charge in [-0.05, 0) is 36.4 Å². The molecule has 5 nitrogen and oxygen atoms in total. The van der Waals surface area contributed by atoms with Crippen LogP contribution in [0.4, 0.5) is 11.4 Å². The predicted octanol–water partition coefficient (Wildman–Crippen LogP) is 4.41. The number of amides is 1. The zero-order chi connectivity index (χ0) is 17.2. The van der Waals surface area contributed by atoms with Gasteiger partial charge in [-0.25, -0.2) is 8.42 Å². The van der Waals surface area contributed by atoms with Crippen molar-refractivity contribution >= 4 is 62.1 Å². The van der Waals surface area contributed by atoms with Crippen molar-refractivity contribution in [2.75, 3.05) is 10.0 Å². The summed E-state index contributed by atoms with van der Waals surface area (Å²) in [5.41, 5.74) is 0.613. The topological polar surface area (TPSA) is 75.3 Å². The average Bonchev–Trinajstić information content (AvgIpc) is 2.40. The maximum Gasteiger partial charge on any atom is 0.263 e. The third kappa shape index (κ3) is 4.51. The van der Waals surface area contributed by atoms with Crippen LogP contribution in [0.5, 0.6) is 0 Å². The van der Waals surface area contributed by atoms with Crippen LogP contribution < -0.4 is 10.0 Å². The molecular weight excluding hydrogens is 383 g/mol. The number of hydrogen-bond donors (Lipinski definition) is 2. The first kappa shape index (κ1) is 17.9. The summed E-state index contributed by atoms with van der Waals surface area (Å²) in [5.74, 6) is -0.284. The molecule has 0 aliphatic carbocycles. The minimum absolute atomic E-state index is 0.00552. The number of anilines is 2. The van der Waals surface area contributed by atoms with Crippen LogP contribution in [-0.2, 0) is 14.8 Å². The largest absolute Gasteiger partial charge is 0.325 e. The second-order valence-electron chi connectivity index (χ2n) is 4.56. The Morgan fingerprint density at radius 2 is 1.70 bits per heavy atom. The van der Waals surface area contributed by atoms with E-state index in [9.17, 15) is 13.2 Å². The highest BCUT2D eigenvalue weighted by Gasteiger charge is 2.18. The number of nitrogens with one attached hydrogen (secondary N) is 2. The Morgan fingerprint density at radius 3 is 2.26 bits per heavy atom. The number of rotatable bonds is 4. The molecule has 0 aliphatic heterocycles. The van der Waals surface area contributed by atoms with Crippen LogP contribution in [0.2, 0.25) is 15.1 Å². The molecule has 2 rings (SSSR count). The molecule has 2 N–H and O–H groups in total. The van der Waals surface area contributed by atoms with E-state index in [0.29, 0.717) is 10.7 Å². The van der Waals surface area contributed by atoms with Gasteiger partial charge in [0.05, 0.1) is 21.4 Å². The molecule has 1 amide bonds. The van der Waals surface area contributed by atoms with Crippen molar-refractivity contribution in [2.24, 2.45) is 0 Å². The third-order valence-corrected chi connectivity index (χ3v) is 5.13. The Hall–Kier alpha value is -1.47. The van der Waals surface area contributed by atoms with E-state index in [0.717, 1.165) is 0 Å². The SMILES string of the molecule is CC(=O)Nc1ccc(NS(=O)(=O)c2ccc(Cl)cc2Cl)cc1Cl. The van der Waals surface area contributed by atoms with Crippen molar-refractivity contribution in [3.05, 3.63) is 51.5 Å². The standard InChI is InChI=1S/C14H11Cl3N2O3S/c1-8(20)18-13-4-3-10(7-11(13)16)19-23(21,22)14-5-2-9(15)6-12(14)17/h2-7,19H,1H3,(H,18,20). The van der Waals surface area contributed by atoms with Gasteiger partial charge in [0.2, 0.25) is 5.91 Å². The Labute approximate surface area is 148 Å². The van der Waals surface area contributed by atoms with Crippen LogP contribution in [0, 0.1) is 0 Å². The molecule has 2 aromatic carbocycles. The Kier molecular flexibility index (Phi) is 5.41. The Morgan fingerprint density at radius 1 is 1.00 bits per heavy atom. The monoisotopic (exact) mass is 392 g/mol. The number of halogens is 3. The molecule has 0 saturated heterocycles. The summed E-state index contributed by atoms with van der Waals surface area (Å²) in [7, 11) is -3.90. The van der Waals surface area contributed by atoms with Crippen LogP contribution in [0.1, 0.15) is 6.92 Å². The number of benzene rings is 2. The van der Waals surface area contributed by atoms with Crippen LogP contribution in [0.15, 0.2) is 41.3 Å². The van der Waals surface area contributed by atoms with Gasteiger partial charge >= 0.3 is 0 Å². The van der Waals surface area contributed by atoms with Crippen molar-refractivity contribution < 1.29 is 13.2 Å². The first-order valence-electron chi connectivity index (χ1n) is 6.24. The summed E-state index contributed by atoms with van der Waals surface area (Å²) < 4.78 is 27.1. The van der Waals surface area contributed by atoms with Gasteiger partial charge in [0.15, 0.2) is 0 Å².